The maximum atomic E-state index is 12.2. The van der Waals surface area contributed by atoms with Crippen LogP contribution in [0.5, 0.6) is 5.88 Å². The molecule has 0 bridgehead atoms. The minimum absolute atomic E-state index is 0.208. The van der Waals surface area contributed by atoms with Crippen LogP contribution in [0.1, 0.15) is 39.3 Å². The first-order chi connectivity index (χ1) is 11.3. The molecule has 2 heterocycles. The van der Waals surface area contributed by atoms with E-state index in [1.54, 1.807) is 24.4 Å². The number of methoxy groups -OCH3 is 1. The lowest BCUT2D eigenvalue weighted by Crippen LogP contribution is -2.46. The van der Waals surface area contributed by atoms with Crippen LogP contribution < -0.4 is 4.74 Å². The fourth-order valence-corrected chi connectivity index (χ4v) is 2.79. The Morgan fingerprint density at radius 3 is 2.50 bits per heavy atom. The Hall–Kier alpha value is -1.89. The van der Waals surface area contributed by atoms with Crippen molar-refractivity contribution in [1.29, 1.82) is 0 Å². The Morgan fingerprint density at radius 1 is 1.29 bits per heavy atom. The molecule has 7 nitrogen and oxygen atoms in total. The van der Waals surface area contributed by atoms with Crippen molar-refractivity contribution in [2.45, 2.75) is 51.8 Å². The van der Waals surface area contributed by atoms with E-state index >= 15 is 0 Å². The molecule has 1 aromatic heterocycles. The molecule has 0 radical (unpaired) electrons. The first-order valence-corrected chi connectivity index (χ1v) is 8.32. The number of aromatic nitrogens is 2. The van der Waals surface area contributed by atoms with Gasteiger partial charge in [-0.25, -0.2) is 9.78 Å². The predicted molar refractivity (Wildman–Crippen MR) is 90.9 cm³/mol. The van der Waals surface area contributed by atoms with Crippen LogP contribution in [0, 0.1) is 0 Å². The van der Waals surface area contributed by atoms with Gasteiger partial charge in [0.1, 0.15) is 11.3 Å². The first-order valence-electron chi connectivity index (χ1n) is 8.32. The lowest BCUT2D eigenvalue weighted by Gasteiger charge is -2.37. The zero-order valence-corrected chi connectivity index (χ0v) is 15.3. The van der Waals surface area contributed by atoms with Crippen LogP contribution >= 0.6 is 0 Å². The highest BCUT2D eigenvalue weighted by atomic mass is 16.6. The summed E-state index contributed by atoms with van der Waals surface area (Å²) in [6.45, 7) is 8.16. The predicted octanol–water partition coefficient (Wildman–Crippen LogP) is 2.32. The van der Waals surface area contributed by atoms with Gasteiger partial charge in [0.25, 0.3) is 0 Å². The molecule has 1 fully saturated rings. The number of likely N-dealkylation sites (tertiary alicyclic amines) is 1. The van der Waals surface area contributed by atoms with E-state index in [4.69, 9.17) is 9.47 Å². The lowest BCUT2D eigenvalue weighted by atomic mass is 10.0. The van der Waals surface area contributed by atoms with Gasteiger partial charge in [0, 0.05) is 45.1 Å². The summed E-state index contributed by atoms with van der Waals surface area (Å²) >= 11 is 0. The molecule has 134 valence electrons. The van der Waals surface area contributed by atoms with Crippen LogP contribution in [-0.4, -0.2) is 64.8 Å². The summed E-state index contributed by atoms with van der Waals surface area (Å²) in [5.74, 6) is 0.575. The number of rotatable bonds is 4. The van der Waals surface area contributed by atoms with E-state index in [1.165, 1.54) is 0 Å². The zero-order chi connectivity index (χ0) is 17.7. The highest BCUT2D eigenvalue weighted by molar-refractivity contribution is 5.68. The lowest BCUT2D eigenvalue weighted by molar-refractivity contribution is 0.0148. The van der Waals surface area contributed by atoms with E-state index in [0.29, 0.717) is 12.4 Å². The van der Waals surface area contributed by atoms with Crippen LogP contribution in [0.3, 0.4) is 0 Å². The number of amides is 1. The topological polar surface area (TPSA) is 67.8 Å². The zero-order valence-electron chi connectivity index (χ0n) is 15.3. The minimum atomic E-state index is -0.464. The van der Waals surface area contributed by atoms with Crippen molar-refractivity contribution < 1.29 is 14.3 Å². The number of hydrogen-bond donors (Lipinski definition) is 0. The Bertz CT molecular complexity index is 551. The summed E-state index contributed by atoms with van der Waals surface area (Å²) in [6, 6.07) is 0.208. The number of nitrogens with zero attached hydrogens (tertiary/aromatic N) is 4. The first kappa shape index (κ1) is 18.4. The van der Waals surface area contributed by atoms with Gasteiger partial charge < -0.3 is 14.4 Å². The van der Waals surface area contributed by atoms with Crippen LogP contribution in [0.15, 0.2) is 12.4 Å². The van der Waals surface area contributed by atoms with E-state index in [0.717, 1.165) is 31.6 Å². The highest BCUT2D eigenvalue weighted by Gasteiger charge is 2.28. The molecule has 0 aliphatic carbocycles. The normalized spacial score (nSPS) is 16.7. The molecule has 1 amide bonds. The number of carbonyl (C=O) groups excluding carboxylic acids is 1. The second kappa shape index (κ2) is 7.79. The van der Waals surface area contributed by atoms with Crippen LogP contribution in [0.4, 0.5) is 4.79 Å². The molecule has 7 heteroatoms. The third kappa shape index (κ3) is 5.06. The van der Waals surface area contributed by atoms with Gasteiger partial charge >= 0.3 is 6.09 Å². The molecule has 1 aliphatic heterocycles. The van der Waals surface area contributed by atoms with Gasteiger partial charge in [-0.2, -0.15) is 0 Å². The fourth-order valence-electron chi connectivity index (χ4n) is 2.79. The molecule has 1 aliphatic rings. The average Bonchev–Trinajstić information content (AvgIpc) is 2.54. The van der Waals surface area contributed by atoms with Crippen molar-refractivity contribution in [2.75, 3.05) is 27.2 Å². The van der Waals surface area contributed by atoms with Gasteiger partial charge in [-0.1, -0.05) is 0 Å². The third-order valence-electron chi connectivity index (χ3n) is 4.09. The largest absolute Gasteiger partial charge is 0.480 e. The number of carbonyl (C=O) groups is 1. The summed E-state index contributed by atoms with van der Waals surface area (Å²) in [5.41, 5.74) is 0.383. The molecule has 0 aromatic carbocycles. The van der Waals surface area contributed by atoms with Gasteiger partial charge in [0.2, 0.25) is 5.88 Å². The van der Waals surface area contributed by atoms with Crippen molar-refractivity contribution in [3.63, 3.8) is 0 Å². The Balaban J connectivity index is 1.86. The van der Waals surface area contributed by atoms with E-state index in [1.807, 2.05) is 27.8 Å². The maximum Gasteiger partial charge on any atom is 0.410 e. The number of ether oxygens (including phenoxy) is 2. The summed E-state index contributed by atoms with van der Waals surface area (Å²) < 4.78 is 10.7. The highest BCUT2D eigenvalue weighted by Crippen LogP contribution is 2.21. The number of hydrogen-bond acceptors (Lipinski definition) is 6. The Kier molecular flexibility index (Phi) is 5.99. The van der Waals surface area contributed by atoms with Crippen LogP contribution in [0.25, 0.3) is 0 Å². The smallest absolute Gasteiger partial charge is 0.410 e. The molecule has 0 unspecified atom stereocenters. The molecule has 24 heavy (non-hydrogen) atoms. The van der Waals surface area contributed by atoms with Crippen molar-refractivity contribution in [2.24, 2.45) is 0 Å². The van der Waals surface area contributed by atoms with E-state index in [-0.39, 0.29) is 12.1 Å². The summed E-state index contributed by atoms with van der Waals surface area (Å²) in [5, 5.41) is 0. The quantitative estimate of drug-likeness (QED) is 0.840. The molecule has 1 saturated heterocycles. The Morgan fingerprint density at radius 2 is 1.92 bits per heavy atom. The molecule has 0 spiro atoms. The summed E-state index contributed by atoms with van der Waals surface area (Å²) in [7, 11) is 3.43. The molecular formula is C17H28N4O3. The average molecular weight is 336 g/mol. The van der Waals surface area contributed by atoms with Crippen molar-refractivity contribution in [3.05, 3.63) is 18.1 Å². The van der Waals surface area contributed by atoms with Gasteiger partial charge in [-0.3, -0.25) is 9.88 Å². The molecule has 0 N–H and O–H groups in total. The van der Waals surface area contributed by atoms with Gasteiger partial charge in [-0.05, 0) is 33.6 Å². The maximum absolute atomic E-state index is 12.2. The summed E-state index contributed by atoms with van der Waals surface area (Å²) in [4.78, 5) is 24.7. The molecule has 0 saturated carbocycles. The fraction of sp³-hybridized carbons (Fsp3) is 0.706. The Labute approximate surface area is 144 Å². The van der Waals surface area contributed by atoms with Crippen molar-refractivity contribution in [3.8, 4) is 5.88 Å². The SMILES string of the molecule is COc1nccnc1CN1CCC(N(C)C(=O)OC(C)(C)C)CC1. The minimum Gasteiger partial charge on any atom is -0.480 e. The van der Waals surface area contributed by atoms with Crippen LogP contribution in [-0.2, 0) is 11.3 Å². The van der Waals surface area contributed by atoms with E-state index in [9.17, 15) is 4.79 Å². The molecule has 1 aromatic rings. The van der Waals surface area contributed by atoms with Crippen LogP contribution in [0.2, 0.25) is 0 Å². The van der Waals surface area contributed by atoms with Crippen molar-refractivity contribution >= 4 is 6.09 Å². The second-order valence-corrected chi connectivity index (χ2v) is 7.11. The molecular weight excluding hydrogens is 308 g/mol. The third-order valence-corrected chi connectivity index (χ3v) is 4.09. The van der Waals surface area contributed by atoms with E-state index in [2.05, 4.69) is 14.9 Å². The second-order valence-electron chi connectivity index (χ2n) is 7.11. The molecule has 0 atom stereocenters. The standard InChI is InChI=1S/C17H28N4O3/c1-17(2,3)24-16(22)20(4)13-6-10-21(11-7-13)12-14-15(23-5)19-9-8-18-14/h8-9,13H,6-7,10-12H2,1-5H3. The van der Waals surface area contributed by atoms with Crippen molar-refractivity contribution in [1.82, 2.24) is 19.8 Å². The van der Waals surface area contributed by atoms with Gasteiger partial charge in [0.15, 0.2) is 0 Å². The monoisotopic (exact) mass is 336 g/mol. The number of piperidine rings is 1. The molecule has 2 rings (SSSR count). The van der Waals surface area contributed by atoms with Gasteiger partial charge in [-0.15, -0.1) is 0 Å². The summed E-state index contributed by atoms with van der Waals surface area (Å²) in [6.07, 6.45) is 4.89. The van der Waals surface area contributed by atoms with Gasteiger partial charge in [0.05, 0.1) is 7.11 Å². The van der Waals surface area contributed by atoms with E-state index < -0.39 is 5.60 Å².